The van der Waals surface area contributed by atoms with Crippen LogP contribution in [0.15, 0.2) is 84.9 Å². The number of unbranched alkanes of at least 4 members (excludes halogenated alkanes) is 1. The minimum Gasteiger partial charge on any atom is -0.368 e. The Morgan fingerprint density at radius 1 is 0.830 bits per heavy atom. The van der Waals surface area contributed by atoms with Crippen molar-refractivity contribution in [1.82, 2.24) is 15.1 Å². The highest BCUT2D eigenvalue weighted by molar-refractivity contribution is 5.96. The van der Waals surface area contributed by atoms with E-state index in [1.807, 2.05) is 86.6 Å². The molecule has 3 aromatic carbocycles. The van der Waals surface area contributed by atoms with Gasteiger partial charge in [-0.1, -0.05) is 78.9 Å². The summed E-state index contributed by atoms with van der Waals surface area (Å²) in [4.78, 5) is 56.8. The van der Waals surface area contributed by atoms with Gasteiger partial charge in [-0.2, -0.15) is 0 Å². The van der Waals surface area contributed by atoms with Gasteiger partial charge in [0, 0.05) is 32.5 Å². The summed E-state index contributed by atoms with van der Waals surface area (Å²) in [6.45, 7) is 4.19. The molecule has 47 heavy (non-hydrogen) atoms. The molecule has 252 valence electrons. The van der Waals surface area contributed by atoms with E-state index in [9.17, 15) is 19.2 Å². The minimum atomic E-state index is -0.988. The van der Waals surface area contributed by atoms with Gasteiger partial charge in [0.2, 0.25) is 23.6 Å². The van der Waals surface area contributed by atoms with E-state index in [1.165, 1.54) is 15.9 Å². The molecule has 0 fully saturated rings. The number of likely N-dealkylation sites (N-methyl/N-ethyl adjacent to an activating group) is 2. The van der Waals surface area contributed by atoms with Crippen molar-refractivity contribution in [1.29, 1.82) is 0 Å². The maximum Gasteiger partial charge on any atom is 0.246 e. The molecule has 0 saturated heterocycles. The van der Waals surface area contributed by atoms with E-state index in [0.717, 1.165) is 21.9 Å². The molecule has 0 saturated carbocycles. The van der Waals surface area contributed by atoms with Gasteiger partial charge in [0.1, 0.15) is 18.1 Å². The second kappa shape index (κ2) is 17.4. The number of benzene rings is 3. The van der Waals surface area contributed by atoms with Crippen LogP contribution in [0.3, 0.4) is 0 Å². The molecule has 3 rings (SSSR count). The number of hydrogen-bond donors (Lipinski definition) is 4. The van der Waals surface area contributed by atoms with Gasteiger partial charge in [-0.25, -0.2) is 0 Å². The highest BCUT2D eigenvalue weighted by Gasteiger charge is 2.36. The third-order valence-electron chi connectivity index (χ3n) is 8.24. The molecule has 7 N–H and O–H groups in total. The van der Waals surface area contributed by atoms with Crippen molar-refractivity contribution in [3.63, 3.8) is 0 Å². The predicted molar refractivity (Wildman–Crippen MR) is 187 cm³/mol. The first-order chi connectivity index (χ1) is 22.3. The summed E-state index contributed by atoms with van der Waals surface area (Å²) in [7, 11) is 3.15. The molecule has 0 aliphatic heterocycles. The normalized spacial score (nSPS) is 13.6. The minimum absolute atomic E-state index is 0.190. The summed E-state index contributed by atoms with van der Waals surface area (Å²) < 4.78 is 0. The van der Waals surface area contributed by atoms with Crippen molar-refractivity contribution in [2.45, 2.75) is 76.0 Å². The van der Waals surface area contributed by atoms with Crippen molar-refractivity contribution < 1.29 is 19.2 Å². The summed E-state index contributed by atoms with van der Waals surface area (Å²) in [5.74, 6) is -1.95. The van der Waals surface area contributed by atoms with Crippen molar-refractivity contribution >= 4 is 34.4 Å². The van der Waals surface area contributed by atoms with Gasteiger partial charge in [-0.15, -0.1) is 0 Å². The molecular weight excluding hydrogens is 592 g/mol. The molecule has 10 heteroatoms. The zero-order valence-corrected chi connectivity index (χ0v) is 28.0. The number of nitrogens with zero attached hydrogens (tertiary/aromatic N) is 2. The van der Waals surface area contributed by atoms with Crippen LogP contribution in [0, 0.1) is 0 Å². The first kappa shape index (κ1) is 36.9. The van der Waals surface area contributed by atoms with Gasteiger partial charge in [0.05, 0.1) is 0 Å². The highest BCUT2D eigenvalue weighted by Crippen LogP contribution is 2.20. The molecule has 0 aliphatic carbocycles. The largest absolute Gasteiger partial charge is 0.368 e. The van der Waals surface area contributed by atoms with E-state index >= 15 is 0 Å². The van der Waals surface area contributed by atoms with Crippen LogP contribution in [-0.4, -0.2) is 77.7 Å². The van der Waals surface area contributed by atoms with Gasteiger partial charge in [-0.05, 0) is 74.1 Å². The Hall–Kier alpha value is -4.54. The molecule has 3 atom stereocenters. The molecule has 0 aliphatic rings. The van der Waals surface area contributed by atoms with E-state index < -0.39 is 41.4 Å². The summed E-state index contributed by atoms with van der Waals surface area (Å²) in [6.07, 6.45) is 5.65. The molecule has 0 heterocycles. The van der Waals surface area contributed by atoms with Crippen LogP contribution in [0.25, 0.3) is 10.8 Å². The number of hydrogen-bond acceptors (Lipinski definition) is 6. The van der Waals surface area contributed by atoms with E-state index in [2.05, 4.69) is 5.32 Å². The lowest BCUT2D eigenvalue weighted by Gasteiger charge is -2.35. The lowest BCUT2D eigenvalue weighted by atomic mass is 9.98. The third-order valence-corrected chi connectivity index (χ3v) is 8.24. The number of nitrogens with one attached hydrogen (secondary N) is 1. The molecule has 10 nitrogen and oxygen atoms in total. The van der Waals surface area contributed by atoms with E-state index in [4.69, 9.17) is 17.2 Å². The van der Waals surface area contributed by atoms with E-state index in [-0.39, 0.29) is 18.7 Å². The molecular formula is C37H50N6O4. The first-order valence-electron chi connectivity index (χ1n) is 16.1. The number of amides is 4. The smallest absolute Gasteiger partial charge is 0.246 e. The topological polar surface area (TPSA) is 165 Å². The van der Waals surface area contributed by atoms with Crippen molar-refractivity contribution in [3.8, 4) is 0 Å². The zero-order chi connectivity index (χ0) is 34.6. The van der Waals surface area contributed by atoms with Crippen LogP contribution in [-0.2, 0) is 32.0 Å². The molecule has 0 unspecified atom stereocenters. The molecule has 4 amide bonds. The Kier molecular flexibility index (Phi) is 13.7. The number of carbonyl (C=O) groups is 4. The number of rotatable bonds is 17. The lowest BCUT2D eigenvalue weighted by molar-refractivity contribution is -0.146. The van der Waals surface area contributed by atoms with Gasteiger partial charge < -0.3 is 32.3 Å². The Bertz CT molecular complexity index is 1530. The summed E-state index contributed by atoms with van der Waals surface area (Å²) in [5, 5.41) is 4.85. The summed E-state index contributed by atoms with van der Waals surface area (Å²) in [6, 6.07) is 20.3. The average Bonchev–Trinajstić information content (AvgIpc) is 3.04. The molecule has 0 spiro atoms. The fraction of sp³-hybridized carbons (Fsp3) is 0.405. The SMILES string of the molecule is CN(C(=O)C=CCC(C)(C)N)[C@H](Cc1ccc2ccccc2c1)C(=O)N(C)[C@H](Cc1ccccc1)C(=O)N[C@@H](CCCCN)C(N)=O. The summed E-state index contributed by atoms with van der Waals surface area (Å²) in [5.41, 5.74) is 18.5. The number of carbonyl (C=O) groups excluding carboxylic acids is 4. The second-order valence-corrected chi connectivity index (χ2v) is 12.8. The molecule has 0 radical (unpaired) electrons. The van der Waals surface area contributed by atoms with Gasteiger partial charge in [0.15, 0.2) is 0 Å². The zero-order valence-electron chi connectivity index (χ0n) is 28.0. The van der Waals surface area contributed by atoms with Crippen molar-refractivity contribution in [3.05, 3.63) is 96.1 Å². The van der Waals surface area contributed by atoms with E-state index in [0.29, 0.717) is 32.2 Å². The maximum atomic E-state index is 14.5. The monoisotopic (exact) mass is 642 g/mol. The van der Waals surface area contributed by atoms with Gasteiger partial charge >= 0.3 is 0 Å². The van der Waals surface area contributed by atoms with Crippen molar-refractivity contribution in [2.75, 3.05) is 20.6 Å². The lowest BCUT2D eigenvalue weighted by Crippen LogP contribution is -2.58. The Morgan fingerprint density at radius 3 is 2.11 bits per heavy atom. The first-order valence-corrected chi connectivity index (χ1v) is 16.1. The molecule has 0 aromatic heterocycles. The van der Waals surface area contributed by atoms with Crippen LogP contribution in [0.1, 0.15) is 50.7 Å². The quantitative estimate of drug-likeness (QED) is 0.131. The Morgan fingerprint density at radius 2 is 1.47 bits per heavy atom. The third kappa shape index (κ3) is 11.3. The standard InChI is InChI=1S/C37H50N6O4/c1-37(2,40)21-12-18-33(44)42(3)32(25-27-19-20-28-15-8-9-16-29(28)23-27)36(47)43(4)31(24-26-13-6-5-7-14-26)35(46)41-30(34(39)45)17-10-11-22-38/h5-9,12-16,18-20,23,30-32H,10-11,17,21-22,24-25,38,40H2,1-4H3,(H2,39,45)(H,41,46)/t30-,31+,32+/m0/s1. The van der Waals surface area contributed by atoms with Crippen LogP contribution >= 0.6 is 0 Å². The number of nitrogens with two attached hydrogens (primary N) is 3. The van der Waals surface area contributed by atoms with Crippen LogP contribution in [0.2, 0.25) is 0 Å². The number of fused-ring (bicyclic) bond motifs is 1. The van der Waals surface area contributed by atoms with E-state index in [1.54, 1.807) is 20.2 Å². The Labute approximate surface area is 278 Å². The maximum absolute atomic E-state index is 14.5. The Balaban J connectivity index is 1.97. The highest BCUT2D eigenvalue weighted by atomic mass is 16.2. The van der Waals surface area contributed by atoms with Crippen LogP contribution in [0.5, 0.6) is 0 Å². The van der Waals surface area contributed by atoms with Crippen molar-refractivity contribution in [2.24, 2.45) is 17.2 Å². The fourth-order valence-electron chi connectivity index (χ4n) is 5.39. The molecule has 0 bridgehead atoms. The number of primary amides is 1. The average molecular weight is 643 g/mol. The van der Waals surface area contributed by atoms with Crippen LogP contribution < -0.4 is 22.5 Å². The van der Waals surface area contributed by atoms with Crippen LogP contribution in [0.4, 0.5) is 0 Å². The second-order valence-electron chi connectivity index (χ2n) is 12.8. The predicted octanol–water partition coefficient (Wildman–Crippen LogP) is 3.06. The van der Waals surface area contributed by atoms with Gasteiger partial charge in [0.25, 0.3) is 0 Å². The summed E-state index contributed by atoms with van der Waals surface area (Å²) >= 11 is 0. The van der Waals surface area contributed by atoms with Gasteiger partial charge in [-0.3, -0.25) is 19.2 Å². The fourth-order valence-corrected chi connectivity index (χ4v) is 5.39. The molecule has 3 aromatic rings.